The summed E-state index contributed by atoms with van der Waals surface area (Å²) in [6, 6.07) is 6.03. The van der Waals surface area contributed by atoms with Gasteiger partial charge in [-0.05, 0) is 18.6 Å². The standard InChI is InChI=1S/C11H17N3O/c1-12-10-4-3-5-11(13-10)14-7-6-9(8-14)15-2/h3-5,9H,6-8H2,1-2H3,(H,12,13). The predicted molar refractivity (Wildman–Crippen MR) is 61.4 cm³/mol. The van der Waals surface area contributed by atoms with Crippen LogP contribution in [0.25, 0.3) is 0 Å². The van der Waals surface area contributed by atoms with Gasteiger partial charge in [-0.25, -0.2) is 4.98 Å². The first kappa shape index (κ1) is 10.2. The lowest BCUT2D eigenvalue weighted by molar-refractivity contribution is 0.121. The minimum absolute atomic E-state index is 0.352. The largest absolute Gasteiger partial charge is 0.380 e. The van der Waals surface area contributed by atoms with Crippen molar-refractivity contribution in [2.45, 2.75) is 12.5 Å². The number of ether oxygens (including phenoxy) is 1. The predicted octanol–water partition coefficient (Wildman–Crippen LogP) is 1.35. The van der Waals surface area contributed by atoms with E-state index in [2.05, 4.69) is 15.2 Å². The molecule has 0 radical (unpaired) electrons. The lowest BCUT2D eigenvalue weighted by Gasteiger charge is -2.17. The number of hydrogen-bond donors (Lipinski definition) is 1. The van der Waals surface area contributed by atoms with Crippen LogP contribution in [-0.4, -0.2) is 38.3 Å². The number of nitrogens with zero attached hydrogens (tertiary/aromatic N) is 2. The van der Waals surface area contributed by atoms with Crippen molar-refractivity contribution >= 4 is 11.6 Å². The summed E-state index contributed by atoms with van der Waals surface area (Å²) in [6.07, 6.45) is 1.44. The van der Waals surface area contributed by atoms with E-state index in [1.165, 1.54) is 0 Å². The maximum Gasteiger partial charge on any atom is 0.131 e. The van der Waals surface area contributed by atoms with Gasteiger partial charge in [-0.2, -0.15) is 0 Å². The molecule has 15 heavy (non-hydrogen) atoms. The molecule has 0 amide bonds. The molecular formula is C11H17N3O. The van der Waals surface area contributed by atoms with Gasteiger partial charge in [0, 0.05) is 27.2 Å². The first-order valence-corrected chi connectivity index (χ1v) is 5.26. The second-order valence-corrected chi connectivity index (χ2v) is 3.72. The van der Waals surface area contributed by atoms with Crippen LogP contribution in [0.3, 0.4) is 0 Å². The van der Waals surface area contributed by atoms with Gasteiger partial charge in [-0.15, -0.1) is 0 Å². The molecule has 1 fully saturated rings. The Morgan fingerprint density at radius 1 is 1.53 bits per heavy atom. The SMILES string of the molecule is CNc1cccc(N2CCC(OC)C2)n1. The summed E-state index contributed by atoms with van der Waals surface area (Å²) in [5.74, 6) is 1.94. The Labute approximate surface area is 90.3 Å². The molecule has 1 saturated heterocycles. The second-order valence-electron chi connectivity index (χ2n) is 3.72. The molecule has 0 saturated carbocycles. The first-order chi connectivity index (χ1) is 7.33. The normalized spacial score (nSPS) is 20.7. The molecule has 0 aromatic carbocycles. The van der Waals surface area contributed by atoms with Gasteiger partial charge in [-0.3, -0.25) is 0 Å². The van der Waals surface area contributed by atoms with E-state index in [-0.39, 0.29) is 0 Å². The maximum absolute atomic E-state index is 5.33. The van der Waals surface area contributed by atoms with Gasteiger partial charge in [0.25, 0.3) is 0 Å². The minimum atomic E-state index is 0.352. The van der Waals surface area contributed by atoms with Gasteiger partial charge >= 0.3 is 0 Å². The van der Waals surface area contributed by atoms with E-state index in [0.29, 0.717) is 6.10 Å². The summed E-state index contributed by atoms with van der Waals surface area (Å²) in [5, 5.41) is 3.05. The third-order valence-electron chi connectivity index (χ3n) is 2.79. The summed E-state index contributed by atoms with van der Waals surface area (Å²) >= 11 is 0. The number of nitrogens with one attached hydrogen (secondary N) is 1. The van der Waals surface area contributed by atoms with Gasteiger partial charge in [0.1, 0.15) is 11.6 Å². The van der Waals surface area contributed by atoms with Crippen molar-refractivity contribution in [3.05, 3.63) is 18.2 Å². The molecule has 1 aliphatic rings. The Kier molecular flexibility index (Phi) is 3.06. The second kappa shape index (κ2) is 4.49. The zero-order chi connectivity index (χ0) is 10.7. The van der Waals surface area contributed by atoms with Crippen molar-refractivity contribution in [1.29, 1.82) is 0 Å². The van der Waals surface area contributed by atoms with Crippen LogP contribution in [0.4, 0.5) is 11.6 Å². The fraction of sp³-hybridized carbons (Fsp3) is 0.545. The van der Waals surface area contributed by atoms with Crippen LogP contribution in [0, 0.1) is 0 Å². The number of anilines is 2. The average Bonchev–Trinajstić information content (AvgIpc) is 2.78. The fourth-order valence-electron chi connectivity index (χ4n) is 1.87. The highest BCUT2D eigenvalue weighted by Gasteiger charge is 2.22. The van der Waals surface area contributed by atoms with Gasteiger partial charge < -0.3 is 15.0 Å². The third-order valence-corrected chi connectivity index (χ3v) is 2.79. The van der Waals surface area contributed by atoms with Crippen LogP contribution in [0.1, 0.15) is 6.42 Å². The topological polar surface area (TPSA) is 37.4 Å². The van der Waals surface area contributed by atoms with Crippen molar-refractivity contribution in [1.82, 2.24) is 4.98 Å². The average molecular weight is 207 g/mol. The van der Waals surface area contributed by atoms with E-state index in [1.807, 2.05) is 25.2 Å². The number of aromatic nitrogens is 1. The summed E-state index contributed by atoms with van der Waals surface area (Å²) in [5.41, 5.74) is 0. The molecule has 2 heterocycles. The van der Waals surface area contributed by atoms with Crippen LogP contribution < -0.4 is 10.2 Å². The Bertz CT molecular complexity index is 329. The molecule has 1 unspecified atom stereocenters. The van der Waals surface area contributed by atoms with Gasteiger partial charge in [-0.1, -0.05) is 6.07 Å². The molecule has 1 N–H and O–H groups in total. The summed E-state index contributed by atoms with van der Waals surface area (Å²) in [7, 11) is 3.65. The Morgan fingerprint density at radius 3 is 3.07 bits per heavy atom. The molecule has 2 rings (SSSR count). The third kappa shape index (κ3) is 2.21. The zero-order valence-corrected chi connectivity index (χ0v) is 9.23. The van der Waals surface area contributed by atoms with Crippen molar-refractivity contribution in [3.8, 4) is 0 Å². The van der Waals surface area contributed by atoms with Crippen LogP contribution in [0.15, 0.2) is 18.2 Å². The molecule has 0 bridgehead atoms. The maximum atomic E-state index is 5.33. The summed E-state index contributed by atoms with van der Waals surface area (Å²) < 4.78 is 5.33. The van der Waals surface area contributed by atoms with Crippen molar-refractivity contribution in [2.24, 2.45) is 0 Å². The highest BCUT2D eigenvalue weighted by atomic mass is 16.5. The van der Waals surface area contributed by atoms with E-state index >= 15 is 0 Å². The molecular weight excluding hydrogens is 190 g/mol. The van der Waals surface area contributed by atoms with Gasteiger partial charge in [0.15, 0.2) is 0 Å². The molecule has 4 heteroatoms. The first-order valence-electron chi connectivity index (χ1n) is 5.26. The van der Waals surface area contributed by atoms with Crippen LogP contribution in [0.2, 0.25) is 0 Å². The molecule has 1 aromatic heterocycles. The van der Waals surface area contributed by atoms with Crippen molar-refractivity contribution in [3.63, 3.8) is 0 Å². The molecule has 0 aliphatic carbocycles. The lowest BCUT2D eigenvalue weighted by Crippen LogP contribution is -2.23. The van der Waals surface area contributed by atoms with E-state index in [4.69, 9.17) is 4.74 Å². The highest BCUT2D eigenvalue weighted by Crippen LogP contribution is 2.20. The number of methoxy groups -OCH3 is 1. The molecule has 1 aliphatic heterocycles. The van der Waals surface area contributed by atoms with Crippen LogP contribution in [0.5, 0.6) is 0 Å². The Morgan fingerprint density at radius 2 is 2.40 bits per heavy atom. The summed E-state index contributed by atoms with van der Waals surface area (Å²) in [4.78, 5) is 6.76. The highest BCUT2D eigenvalue weighted by molar-refractivity contribution is 5.47. The van der Waals surface area contributed by atoms with Crippen LogP contribution >= 0.6 is 0 Å². The molecule has 1 aromatic rings. The number of rotatable bonds is 3. The van der Waals surface area contributed by atoms with Crippen molar-refractivity contribution in [2.75, 3.05) is 37.5 Å². The Hall–Kier alpha value is -1.29. The molecule has 82 valence electrons. The summed E-state index contributed by atoms with van der Waals surface area (Å²) in [6.45, 7) is 1.97. The Balaban J connectivity index is 2.09. The number of hydrogen-bond acceptors (Lipinski definition) is 4. The van der Waals surface area contributed by atoms with E-state index in [9.17, 15) is 0 Å². The van der Waals surface area contributed by atoms with Gasteiger partial charge in [0.05, 0.1) is 6.10 Å². The monoisotopic (exact) mass is 207 g/mol. The van der Waals surface area contributed by atoms with E-state index in [1.54, 1.807) is 7.11 Å². The molecule has 0 spiro atoms. The quantitative estimate of drug-likeness (QED) is 0.811. The van der Waals surface area contributed by atoms with Gasteiger partial charge in [0.2, 0.25) is 0 Å². The number of pyridine rings is 1. The van der Waals surface area contributed by atoms with E-state index < -0.39 is 0 Å². The molecule has 1 atom stereocenters. The fourth-order valence-corrected chi connectivity index (χ4v) is 1.87. The van der Waals surface area contributed by atoms with Crippen molar-refractivity contribution < 1.29 is 4.74 Å². The molecule has 4 nitrogen and oxygen atoms in total. The minimum Gasteiger partial charge on any atom is -0.380 e. The smallest absolute Gasteiger partial charge is 0.131 e. The van der Waals surface area contributed by atoms with E-state index in [0.717, 1.165) is 31.1 Å². The lowest BCUT2D eigenvalue weighted by atomic mass is 10.3. The zero-order valence-electron chi connectivity index (χ0n) is 9.23. The van der Waals surface area contributed by atoms with Crippen LogP contribution in [-0.2, 0) is 4.74 Å².